The maximum absolute atomic E-state index is 12.5. The Kier molecular flexibility index (Phi) is 5.77. The molecular weight excluding hydrogens is 370 g/mol. The van der Waals surface area contributed by atoms with E-state index in [0.717, 1.165) is 0 Å². The quantitative estimate of drug-likeness (QED) is 0.791. The third-order valence-corrected chi connectivity index (χ3v) is 4.39. The topological polar surface area (TPSA) is 77.0 Å². The Balaban J connectivity index is 1.58. The fraction of sp³-hybridized carbons (Fsp3) is 0.350. The predicted octanol–water partition coefficient (Wildman–Crippen LogP) is 3.12. The van der Waals surface area contributed by atoms with Crippen LogP contribution in [0.25, 0.3) is 0 Å². The zero-order valence-electron chi connectivity index (χ0n) is 15.2. The predicted molar refractivity (Wildman–Crippen MR) is 102 cm³/mol. The Hall–Kier alpha value is -2.44. The van der Waals surface area contributed by atoms with Gasteiger partial charge in [-0.15, -0.1) is 0 Å². The number of carbonyl (C=O) groups is 1. The Morgan fingerprint density at radius 2 is 1.85 bits per heavy atom. The highest BCUT2D eigenvalue weighted by Crippen LogP contribution is 2.32. The maximum Gasteiger partial charge on any atom is 0.263 e. The summed E-state index contributed by atoms with van der Waals surface area (Å²) in [7, 11) is 0. The molecule has 3 rings (SSSR count). The fourth-order valence-corrected chi connectivity index (χ4v) is 2.76. The summed E-state index contributed by atoms with van der Waals surface area (Å²) in [4.78, 5) is 12.5. The van der Waals surface area contributed by atoms with Gasteiger partial charge in [0.05, 0.1) is 6.10 Å². The molecule has 1 atom stereocenters. The molecule has 2 N–H and O–H groups in total. The molecule has 0 aromatic heterocycles. The number of amides is 1. The van der Waals surface area contributed by atoms with Crippen molar-refractivity contribution < 1.29 is 24.1 Å². The van der Waals surface area contributed by atoms with Gasteiger partial charge >= 0.3 is 0 Å². The summed E-state index contributed by atoms with van der Waals surface area (Å²) in [6.07, 6.45) is -0.879. The first-order valence-electron chi connectivity index (χ1n) is 8.66. The lowest BCUT2D eigenvalue weighted by Gasteiger charge is -2.26. The molecule has 0 fully saturated rings. The number of halogens is 1. The van der Waals surface area contributed by atoms with E-state index in [-0.39, 0.29) is 12.5 Å². The first-order valence-corrected chi connectivity index (χ1v) is 9.03. The third-order valence-electron chi connectivity index (χ3n) is 4.14. The van der Waals surface area contributed by atoms with Crippen molar-refractivity contribution in [3.05, 3.63) is 53.1 Å². The molecule has 1 heterocycles. The standard InChI is InChI=1S/C20H22ClNO5/c1-20(2,27-15-6-4-14(21)5-7-15)19(24)22-12-16(23)13-3-8-17-18(11-13)26-10-9-25-17/h3-8,11,16,23H,9-10,12H2,1-2H3,(H,22,24)/t16-/m1/s1. The molecular formula is C20H22ClNO5. The molecule has 0 spiro atoms. The highest BCUT2D eigenvalue weighted by atomic mass is 35.5. The van der Waals surface area contributed by atoms with Gasteiger partial charge in [-0.05, 0) is 55.8 Å². The van der Waals surface area contributed by atoms with E-state index in [4.69, 9.17) is 25.8 Å². The molecule has 0 saturated carbocycles. The Bertz CT molecular complexity index is 807. The summed E-state index contributed by atoms with van der Waals surface area (Å²) in [5, 5.41) is 13.7. The summed E-state index contributed by atoms with van der Waals surface area (Å²) < 4.78 is 16.7. The van der Waals surface area contributed by atoms with E-state index in [2.05, 4.69) is 5.32 Å². The zero-order valence-corrected chi connectivity index (χ0v) is 16.0. The SMILES string of the molecule is CC(C)(Oc1ccc(Cl)cc1)C(=O)NC[C@@H](O)c1ccc2c(c1)OCCO2. The lowest BCUT2D eigenvalue weighted by molar-refractivity contribution is -0.134. The normalized spacial score (nSPS) is 14.4. The van der Waals surface area contributed by atoms with Crippen molar-refractivity contribution in [3.8, 4) is 17.2 Å². The zero-order chi connectivity index (χ0) is 19.4. The van der Waals surface area contributed by atoms with E-state index < -0.39 is 11.7 Å². The van der Waals surface area contributed by atoms with Crippen molar-refractivity contribution in [2.24, 2.45) is 0 Å². The van der Waals surface area contributed by atoms with Crippen molar-refractivity contribution in [3.63, 3.8) is 0 Å². The molecule has 0 aliphatic carbocycles. The largest absolute Gasteiger partial charge is 0.486 e. The van der Waals surface area contributed by atoms with E-state index in [1.165, 1.54) is 0 Å². The lowest BCUT2D eigenvalue weighted by Crippen LogP contribution is -2.47. The Morgan fingerprint density at radius 3 is 2.56 bits per heavy atom. The van der Waals surface area contributed by atoms with Crippen LogP contribution in [0.4, 0.5) is 0 Å². The second kappa shape index (κ2) is 8.06. The number of nitrogens with one attached hydrogen (secondary N) is 1. The molecule has 2 aromatic rings. The molecule has 0 saturated heterocycles. The number of rotatable bonds is 6. The molecule has 1 aliphatic rings. The number of carbonyl (C=O) groups excluding carboxylic acids is 1. The number of hydrogen-bond donors (Lipinski definition) is 2. The van der Waals surface area contributed by atoms with Gasteiger partial charge in [-0.25, -0.2) is 0 Å². The van der Waals surface area contributed by atoms with Gasteiger partial charge in [0, 0.05) is 11.6 Å². The van der Waals surface area contributed by atoms with Crippen LogP contribution >= 0.6 is 11.6 Å². The highest BCUT2D eigenvalue weighted by molar-refractivity contribution is 6.30. The van der Waals surface area contributed by atoms with Crippen LogP contribution in [0.2, 0.25) is 5.02 Å². The molecule has 0 bridgehead atoms. The van der Waals surface area contributed by atoms with Crippen LogP contribution in [-0.2, 0) is 4.79 Å². The van der Waals surface area contributed by atoms with Crippen LogP contribution in [-0.4, -0.2) is 36.4 Å². The summed E-state index contributed by atoms with van der Waals surface area (Å²) in [5.74, 6) is 1.44. The van der Waals surface area contributed by atoms with E-state index in [0.29, 0.717) is 41.0 Å². The number of benzene rings is 2. The number of fused-ring (bicyclic) bond motifs is 1. The number of hydrogen-bond acceptors (Lipinski definition) is 5. The van der Waals surface area contributed by atoms with Gasteiger partial charge in [-0.2, -0.15) is 0 Å². The van der Waals surface area contributed by atoms with Crippen molar-refractivity contribution in [2.45, 2.75) is 25.6 Å². The molecule has 1 aliphatic heterocycles. The van der Waals surface area contributed by atoms with Gasteiger partial charge in [0.25, 0.3) is 5.91 Å². The van der Waals surface area contributed by atoms with Crippen LogP contribution in [0, 0.1) is 0 Å². The minimum absolute atomic E-state index is 0.0475. The number of ether oxygens (including phenoxy) is 3. The van der Waals surface area contributed by atoms with Crippen LogP contribution in [0.3, 0.4) is 0 Å². The molecule has 27 heavy (non-hydrogen) atoms. The first-order chi connectivity index (χ1) is 12.8. The van der Waals surface area contributed by atoms with Crippen LogP contribution in [0.5, 0.6) is 17.2 Å². The Labute approximate surface area is 163 Å². The van der Waals surface area contributed by atoms with Crippen LogP contribution < -0.4 is 19.5 Å². The molecule has 6 nitrogen and oxygen atoms in total. The average Bonchev–Trinajstić information content (AvgIpc) is 2.67. The molecule has 1 amide bonds. The van der Waals surface area contributed by atoms with Crippen LogP contribution in [0.1, 0.15) is 25.5 Å². The van der Waals surface area contributed by atoms with E-state index >= 15 is 0 Å². The van der Waals surface area contributed by atoms with Gasteiger partial charge in [-0.3, -0.25) is 4.79 Å². The van der Waals surface area contributed by atoms with Crippen LogP contribution in [0.15, 0.2) is 42.5 Å². The second-order valence-corrected chi connectivity index (χ2v) is 7.13. The van der Waals surface area contributed by atoms with Gasteiger partial charge in [0.15, 0.2) is 17.1 Å². The minimum Gasteiger partial charge on any atom is -0.486 e. The van der Waals surface area contributed by atoms with Crippen molar-refractivity contribution >= 4 is 17.5 Å². The van der Waals surface area contributed by atoms with E-state index in [1.807, 2.05) is 0 Å². The second-order valence-electron chi connectivity index (χ2n) is 6.70. The van der Waals surface area contributed by atoms with Crippen molar-refractivity contribution in [1.29, 1.82) is 0 Å². The summed E-state index contributed by atoms with van der Waals surface area (Å²) in [6, 6.07) is 12.0. The van der Waals surface area contributed by atoms with E-state index in [1.54, 1.807) is 56.3 Å². The minimum atomic E-state index is -1.11. The lowest BCUT2D eigenvalue weighted by atomic mass is 10.1. The third kappa shape index (κ3) is 4.84. The molecule has 7 heteroatoms. The van der Waals surface area contributed by atoms with Gasteiger partial charge < -0.3 is 24.6 Å². The van der Waals surface area contributed by atoms with Gasteiger partial charge in [0.1, 0.15) is 19.0 Å². The maximum atomic E-state index is 12.5. The van der Waals surface area contributed by atoms with Crippen molar-refractivity contribution in [1.82, 2.24) is 5.32 Å². The van der Waals surface area contributed by atoms with E-state index in [9.17, 15) is 9.90 Å². The van der Waals surface area contributed by atoms with Gasteiger partial charge in [-0.1, -0.05) is 17.7 Å². The number of aliphatic hydroxyl groups excluding tert-OH is 1. The molecule has 2 aromatic carbocycles. The molecule has 144 valence electrons. The summed E-state index contributed by atoms with van der Waals surface area (Å²) >= 11 is 5.85. The molecule has 0 unspecified atom stereocenters. The molecule has 0 radical (unpaired) electrons. The summed E-state index contributed by atoms with van der Waals surface area (Å²) in [6.45, 7) is 4.35. The Morgan fingerprint density at radius 1 is 1.19 bits per heavy atom. The highest BCUT2D eigenvalue weighted by Gasteiger charge is 2.30. The van der Waals surface area contributed by atoms with Crippen molar-refractivity contribution in [2.75, 3.05) is 19.8 Å². The monoisotopic (exact) mass is 391 g/mol. The smallest absolute Gasteiger partial charge is 0.263 e. The van der Waals surface area contributed by atoms with Gasteiger partial charge in [0.2, 0.25) is 0 Å². The number of aliphatic hydroxyl groups is 1. The average molecular weight is 392 g/mol. The fourth-order valence-electron chi connectivity index (χ4n) is 2.63. The first kappa shape index (κ1) is 19.3. The summed E-state index contributed by atoms with van der Waals surface area (Å²) in [5.41, 5.74) is -0.476.